The molecule has 0 saturated heterocycles. The van der Waals surface area contributed by atoms with Crippen LogP contribution in [0.5, 0.6) is 0 Å². The molecule has 136 valence electrons. The molecule has 0 bridgehead atoms. The molecule has 0 aromatic heterocycles. The van der Waals surface area contributed by atoms with E-state index in [9.17, 15) is 0 Å². The molecule has 1 aliphatic heterocycles. The minimum atomic E-state index is 0.972. The molecule has 0 spiro atoms. The van der Waals surface area contributed by atoms with Crippen molar-refractivity contribution >= 4 is 17.4 Å². The maximum atomic E-state index is 2.50. The number of thioether (sulfide) groups is 1. The normalized spacial score (nSPS) is 14.1. The molecular weight excluding hydrogens is 346 g/mol. The monoisotopic (exact) mass is 371 g/mol. The maximum absolute atomic E-state index is 2.50. The van der Waals surface area contributed by atoms with Gasteiger partial charge in [0.2, 0.25) is 0 Å². The van der Waals surface area contributed by atoms with Crippen LogP contribution in [0.15, 0.2) is 77.3 Å². The fourth-order valence-electron chi connectivity index (χ4n) is 3.96. The Labute approximate surface area is 166 Å². The number of allylic oxidation sites excluding steroid dienone is 2. The average Bonchev–Trinajstić information content (AvgIpc) is 3.01. The second kappa shape index (κ2) is 7.28. The maximum Gasteiger partial charge on any atom is 0.0729 e. The summed E-state index contributed by atoms with van der Waals surface area (Å²) in [6.45, 7) is 8.95. The van der Waals surface area contributed by atoms with Gasteiger partial charge in [0.15, 0.2) is 0 Å². The quantitative estimate of drug-likeness (QED) is 0.472. The van der Waals surface area contributed by atoms with E-state index in [2.05, 4.69) is 99.3 Å². The van der Waals surface area contributed by atoms with Crippen molar-refractivity contribution in [3.63, 3.8) is 0 Å². The topological polar surface area (TPSA) is 3.24 Å². The molecule has 0 saturated carbocycles. The van der Waals surface area contributed by atoms with Crippen LogP contribution in [-0.4, -0.2) is 5.88 Å². The minimum absolute atomic E-state index is 0.972. The first-order valence-electron chi connectivity index (χ1n) is 9.40. The highest BCUT2D eigenvalue weighted by atomic mass is 32.2. The predicted molar refractivity (Wildman–Crippen MR) is 120 cm³/mol. The van der Waals surface area contributed by atoms with Crippen LogP contribution in [0.2, 0.25) is 0 Å². The Morgan fingerprint density at radius 1 is 0.704 bits per heavy atom. The number of nitrogens with zero attached hydrogens (tertiary/aromatic N) is 1. The zero-order valence-electron chi connectivity index (χ0n) is 16.4. The molecule has 0 aliphatic carbocycles. The van der Waals surface area contributed by atoms with E-state index in [-0.39, 0.29) is 0 Å². The number of anilines is 1. The molecule has 3 aromatic rings. The molecule has 0 unspecified atom stereocenters. The van der Waals surface area contributed by atoms with E-state index < -0.39 is 0 Å². The lowest BCUT2D eigenvalue weighted by Crippen LogP contribution is -2.19. The van der Waals surface area contributed by atoms with Gasteiger partial charge in [0, 0.05) is 21.7 Å². The van der Waals surface area contributed by atoms with Crippen LogP contribution in [0, 0.1) is 13.8 Å². The van der Waals surface area contributed by atoms with Crippen molar-refractivity contribution in [1.82, 2.24) is 0 Å². The summed E-state index contributed by atoms with van der Waals surface area (Å²) >= 11 is 1.93. The first-order valence-corrected chi connectivity index (χ1v) is 10.4. The van der Waals surface area contributed by atoms with Gasteiger partial charge >= 0.3 is 0 Å². The first-order chi connectivity index (χ1) is 13.1. The van der Waals surface area contributed by atoms with Crippen LogP contribution in [0.4, 0.5) is 5.69 Å². The van der Waals surface area contributed by atoms with Gasteiger partial charge in [-0.25, -0.2) is 0 Å². The van der Waals surface area contributed by atoms with E-state index in [0.717, 1.165) is 5.88 Å². The molecule has 0 radical (unpaired) electrons. The van der Waals surface area contributed by atoms with Gasteiger partial charge in [0.05, 0.1) is 11.6 Å². The number of benzene rings is 3. The molecule has 0 fully saturated rings. The Bertz CT molecular complexity index is 940. The Kier molecular flexibility index (Phi) is 4.84. The molecule has 2 heteroatoms. The largest absolute Gasteiger partial charge is 0.333 e. The van der Waals surface area contributed by atoms with Gasteiger partial charge in [-0.05, 0) is 49.9 Å². The van der Waals surface area contributed by atoms with Gasteiger partial charge in [-0.2, -0.15) is 0 Å². The van der Waals surface area contributed by atoms with Crippen molar-refractivity contribution in [1.29, 1.82) is 0 Å². The van der Waals surface area contributed by atoms with E-state index in [4.69, 9.17) is 0 Å². The zero-order chi connectivity index (χ0) is 19.0. The second-order valence-electron chi connectivity index (χ2n) is 7.18. The van der Waals surface area contributed by atoms with E-state index in [1.54, 1.807) is 0 Å². The SMILES string of the molecule is CC1=C(C)N(c2c(-c3ccccc3)c(C)cc(C)c2-c2ccccc2)CS1. The fourth-order valence-corrected chi connectivity index (χ4v) is 4.93. The molecule has 0 atom stereocenters. The van der Waals surface area contributed by atoms with E-state index >= 15 is 0 Å². The van der Waals surface area contributed by atoms with Gasteiger partial charge in [-0.1, -0.05) is 66.7 Å². The summed E-state index contributed by atoms with van der Waals surface area (Å²) < 4.78 is 0. The molecule has 1 aliphatic rings. The van der Waals surface area contributed by atoms with Crippen molar-refractivity contribution in [3.8, 4) is 22.3 Å². The first kappa shape index (κ1) is 17.9. The number of hydrogen-bond acceptors (Lipinski definition) is 2. The highest BCUT2D eigenvalue weighted by Crippen LogP contribution is 2.48. The fraction of sp³-hybridized carbons (Fsp3) is 0.200. The van der Waals surface area contributed by atoms with Crippen LogP contribution in [-0.2, 0) is 0 Å². The van der Waals surface area contributed by atoms with Gasteiger partial charge < -0.3 is 4.90 Å². The summed E-state index contributed by atoms with van der Waals surface area (Å²) in [7, 11) is 0. The second-order valence-corrected chi connectivity index (χ2v) is 8.34. The molecule has 1 nitrogen and oxygen atoms in total. The highest BCUT2D eigenvalue weighted by Gasteiger charge is 2.26. The van der Waals surface area contributed by atoms with E-state index in [1.165, 1.54) is 49.7 Å². The van der Waals surface area contributed by atoms with Crippen LogP contribution in [0.25, 0.3) is 22.3 Å². The number of rotatable bonds is 3. The molecule has 1 heterocycles. The summed E-state index contributed by atoms with van der Waals surface area (Å²) in [6, 6.07) is 24.0. The van der Waals surface area contributed by atoms with Crippen molar-refractivity contribution in [2.75, 3.05) is 10.8 Å². The third-order valence-electron chi connectivity index (χ3n) is 5.41. The molecule has 4 rings (SSSR count). The molecule has 27 heavy (non-hydrogen) atoms. The Balaban J connectivity index is 2.08. The van der Waals surface area contributed by atoms with Crippen LogP contribution >= 0.6 is 11.8 Å². The lowest BCUT2D eigenvalue weighted by Gasteiger charge is -2.29. The smallest absolute Gasteiger partial charge is 0.0729 e. The van der Waals surface area contributed by atoms with Gasteiger partial charge in [-0.3, -0.25) is 0 Å². The summed E-state index contributed by atoms with van der Waals surface area (Å²) in [4.78, 5) is 3.91. The van der Waals surface area contributed by atoms with Gasteiger partial charge in [0.1, 0.15) is 0 Å². The van der Waals surface area contributed by atoms with Crippen molar-refractivity contribution < 1.29 is 0 Å². The van der Waals surface area contributed by atoms with Gasteiger partial charge in [0.25, 0.3) is 0 Å². The summed E-state index contributed by atoms with van der Waals surface area (Å²) in [5.41, 5.74) is 10.6. The van der Waals surface area contributed by atoms with E-state index in [1.807, 2.05) is 11.8 Å². The standard InChI is InChI=1S/C25H25NS/c1-17-15-18(2)24(22-13-9-6-10-14-22)25(26-16-27-20(4)19(26)3)23(17)21-11-7-5-8-12-21/h5-15H,16H2,1-4H3. The number of aryl methyl sites for hydroxylation is 2. The number of hydrogen-bond donors (Lipinski definition) is 0. The summed E-state index contributed by atoms with van der Waals surface area (Å²) in [5, 5.41) is 0. The molecule has 0 amide bonds. The lowest BCUT2D eigenvalue weighted by molar-refractivity contribution is 1.07. The zero-order valence-corrected chi connectivity index (χ0v) is 17.2. The average molecular weight is 372 g/mol. The molecule has 3 aromatic carbocycles. The van der Waals surface area contributed by atoms with Gasteiger partial charge in [-0.15, -0.1) is 11.8 Å². The third kappa shape index (κ3) is 3.19. The van der Waals surface area contributed by atoms with Crippen LogP contribution in [0.1, 0.15) is 25.0 Å². The molecular formula is C25H25NS. The predicted octanol–water partition coefficient (Wildman–Crippen LogP) is 7.40. The van der Waals surface area contributed by atoms with E-state index in [0.29, 0.717) is 0 Å². The highest BCUT2D eigenvalue weighted by molar-refractivity contribution is 8.03. The van der Waals surface area contributed by atoms with Crippen molar-refractivity contribution in [3.05, 3.63) is 88.5 Å². The van der Waals surface area contributed by atoms with Crippen LogP contribution < -0.4 is 4.90 Å². The Hall–Kier alpha value is -2.45. The Morgan fingerprint density at radius 2 is 1.19 bits per heavy atom. The Morgan fingerprint density at radius 3 is 1.59 bits per heavy atom. The summed E-state index contributed by atoms with van der Waals surface area (Å²) in [6.07, 6.45) is 0. The van der Waals surface area contributed by atoms with Crippen molar-refractivity contribution in [2.45, 2.75) is 27.7 Å². The van der Waals surface area contributed by atoms with Crippen LogP contribution in [0.3, 0.4) is 0 Å². The van der Waals surface area contributed by atoms with Crippen molar-refractivity contribution in [2.24, 2.45) is 0 Å². The third-order valence-corrected chi connectivity index (χ3v) is 6.53. The lowest BCUT2D eigenvalue weighted by atomic mass is 9.88. The minimum Gasteiger partial charge on any atom is -0.333 e. The summed E-state index contributed by atoms with van der Waals surface area (Å²) in [5.74, 6) is 0.972. The molecule has 0 N–H and O–H groups in total.